The fourth-order valence-corrected chi connectivity index (χ4v) is 5.17. The predicted molar refractivity (Wildman–Crippen MR) is 105 cm³/mol. The van der Waals surface area contributed by atoms with Crippen molar-refractivity contribution in [3.63, 3.8) is 0 Å². The van der Waals surface area contributed by atoms with Crippen molar-refractivity contribution in [2.24, 2.45) is 5.41 Å². The third kappa shape index (κ3) is 2.81. The third-order valence-electron chi connectivity index (χ3n) is 6.89. The van der Waals surface area contributed by atoms with Gasteiger partial charge in [-0.3, -0.25) is 9.59 Å². The van der Waals surface area contributed by atoms with E-state index in [0.717, 1.165) is 56.1 Å². The summed E-state index contributed by atoms with van der Waals surface area (Å²) in [6, 6.07) is 5.36. The molecule has 5 nitrogen and oxygen atoms in total. The highest BCUT2D eigenvalue weighted by Crippen LogP contribution is 2.42. The summed E-state index contributed by atoms with van der Waals surface area (Å²) in [7, 11) is 0. The number of nitrogens with one attached hydrogen (secondary N) is 1. The summed E-state index contributed by atoms with van der Waals surface area (Å²) < 4.78 is 14.1. The first-order valence-corrected chi connectivity index (χ1v) is 10.3. The molecule has 2 aromatic rings. The molecule has 5 rings (SSSR count). The Labute approximate surface area is 163 Å². The van der Waals surface area contributed by atoms with Gasteiger partial charge in [0.05, 0.1) is 5.52 Å². The second kappa shape index (κ2) is 6.33. The monoisotopic (exact) mass is 383 g/mol. The maximum absolute atomic E-state index is 14.1. The van der Waals surface area contributed by atoms with E-state index in [1.807, 2.05) is 17.9 Å². The molecule has 2 aliphatic heterocycles. The SMILES string of the molecule is Cc1c(C(=O)N2CCCC3(CCC(=O)N(C4CC4)C3)C2)[nH]c2c(F)cccc12. The average Bonchev–Trinajstić information content (AvgIpc) is 3.48. The molecule has 2 amide bonds. The van der Waals surface area contributed by atoms with Gasteiger partial charge in [-0.05, 0) is 50.7 Å². The zero-order chi connectivity index (χ0) is 19.5. The number of benzene rings is 1. The zero-order valence-corrected chi connectivity index (χ0v) is 16.3. The van der Waals surface area contributed by atoms with Gasteiger partial charge in [0.25, 0.3) is 5.91 Å². The van der Waals surface area contributed by atoms with E-state index in [2.05, 4.69) is 9.88 Å². The van der Waals surface area contributed by atoms with E-state index in [4.69, 9.17) is 0 Å². The number of para-hydroxylation sites is 1. The zero-order valence-electron chi connectivity index (χ0n) is 16.3. The highest BCUT2D eigenvalue weighted by molar-refractivity contribution is 6.01. The van der Waals surface area contributed by atoms with Crippen LogP contribution in [0.1, 0.15) is 54.6 Å². The van der Waals surface area contributed by atoms with Crippen molar-refractivity contribution in [3.8, 4) is 0 Å². The van der Waals surface area contributed by atoms with Gasteiger partial charge in [0.15, 0.2) is 0 Å². The second-order valence-corrected chi connectivity index (χ2v) is 8.87. The average molecular weight is 383 g/mol. The molecule has 1 unspecified atom stereocenters. The number of aromatic amines is 1. The minimum atomic E-state index is -0.333. The highest BCUT2D eigenvalue weighted by atomic mass is 19.1. The van der Waals surface area contributed by atoms with Crippen LogP contribution in [0.15, 0.2) is 18.2 Å². The summed E-state index contributed by atoms with van der Waals surface area (Å²) in [5, 5.41) is 0.762. The van der Waals surface area contributed by atoms with E-state index in [1.165, 1.54) is 6.07 Å². The van der Waals surface area contributed by atoms with Crippen LogP contribution in [-0.4, -0.2) is 52.3 Å². The molecule has 0 bridgehead atoms. The normalized spacial score (nSPS) is 25.7. The van der Waals surface area contributed by atoms with Crippen LogP contribution in [0.4, 0.5) is 4.39 Å². The quantitative estimate of drug-likeness (QED) is 0.861. The summed E-state index contributed by atoms with van der Waals surface area (Å²) in [6.45, 7) is 4.05. The first-order valence-electron chi connectivity index (χ1n) is 10.3. The maximum Gasteiger partial charge on any atom is 0.270 e. The maximum atomic E-state index is 14.1. The number of aromatic nitrogens is 1. The van der Waals surface area contributed by atoms with Gasteiger partial charge in [-0.1, -0.05) is 12.1 Å². The van der Waals surface area contributed by atoms with Crippen LogP contribution >= 0.6 is 0 Å². The topological polar surface area (TPSA) is 56.4 Å². The van der Waals surface area contributed by atoms with Crippen LogP contribution in [0.3, 0.4) is 0 Å². The molecule has 6 heteroatoms. The van der Waals surface area contributed by atoms with Crippen molar-refractivity contribution in [2.75, 3.05) is 19.6 Å². The molecule has 1 aromatic heterocycles. The van der Waals surface area contributed by atoms with Crippen molar-refractivity contribution in [1.29, 1.82) is 0 Å². The van der Waals surface area contributed by atoms with Crippen molar-refractivity contribution >= 4 is 22.7 Å². The van der Waals surface area contributed by atoms with Gasteiger partial charge in [0.2, 0.25) is 5.91 Å². The number of fused-ring (bicyclic) bond motifs is 1. The van der Waals surface area contributed by atoms with Gasteiger partial charge in [-0.25, -0.2) is 4.39 Å². The molecule has 1 saturated carbocycles. The molecule has 1 N–H and O–H groups in total. The molecule has 1 atom stereocenters. The van der Waals surface area contributed by atoms with Gasteiger partial charge in [-0.2, -0.15) is 0 Å². The van der Waals surface area contributed by atoms with Gasteiger partial charge in [0, 0.05) is 42.9 Å². The Balaban J connectivity index is 1.41. The molecule has 3 aliphatic rings. The van der Waals surface area contributed by atoms with Crippen LogP contribution in [0.2, 0.25) is 0 Å². The minimum Gasteiger partial charge on any atom is -0.348 e. The molecule has 1 aromatic carbocycles. The Kier molecular flexibility index (Phi) is 4.00. The van der Waals surface area contributed by atoms with Crippen molar-refractivity contribution in [1.82, 2.24) is 14.8 Å². The fourth-order valence-electron chi connectivity index (χ4n) is 5.17. The number of rotatable bonds is 2. The number of carbonyl (C=O) groups excluding carboxylic acids is 2. The fraction of sp³-hybridized carbons (Fsp3) is 0.545. The van der Waals surface area contributed by atoms with Crippen LogP contribution in [0.5, 0.6) is 0 Å². The van der Waals surface area contributed by atoms with Crippen molar-refractivity contribution in [2.45, 2.75) is 51.5 Å². The number of hydrogen-bond acceptors (Lipinski definition) is 2. The lowest BCUT2D eigenvalue weighted by Crippen LogP contribution is -2.55. The second-order valence-electron chi connectivity index (χ2n) is 8.87. The first kappa shape index (κ1) is 17.7. The molecule has 28 heavy (non-hydrogen) atoms. The van der Waals surface area contributed by atoms with Gasteiger partial charge in [-0.15, -0.1) is 0 Å². The van der Waals surface area contributed by atoms with E-state index >= 15 is 0 Å². The largest absolute Gasteiger partial charge is 0.348 e. The lowest BCUT2D eigenvalue weighted by molar-refractivity contribution is -0.139. The predicted octanol–water partition coefficient (Wildman–Crippen LogP) is 3.62. The van der Waals surface area contributed by atoms with Crippen molar-refractivity contribution < 1.29 is 14.0 Å². The lowest BCUT2D eigenvalue weighted by atomic mass is 9.73. The summed E-state index contributed by atoms with van der Waals surface area (Å²) in [5.41, 5.74) is 1.70. The van der Waals surface area contributed by atoms with E-state index < -0.39 is 0 Å². The van der Waals surface area contributed by atoms with Crippen LogP contribution in [0.25, 0.3) is 10.9 Å². The van der Waals surface area contributed by atoms with Crippen LogP contribution < -0.4 is 0 Å². The molecule has 2 saturated heterocycles. The Morgan fingerprint density at radius 3 is 2.82 bits per heavy atom. The number of piperidine rings is 2. The molecular weight excluding hydrogens is 357 g/mol. The molecule has 0 radical (unpaired) electrons. The van der Waals surface area contributed by atoms with Gasteiger partial charge >= 0.3 is 0 Å². The van der Waals surface area contributed by atoms with Crippen molar-refractivity contribution in [3.05, 3.63) is 35.3 Å². The lowest BCUT2D eigenvalue weighted by Gasteiger charge is -2.48. The smallest absolute Gasteiger partial charge is 0.270 e. The van der Waals surface area contributed by atoms with E-state index in [9.17, 15) is 14.0 Å². The number of amides is 2. The number of H-pyrrole nitrogens is 1. The number of likely N-dealkylation sites (tertiary alicyclic amines) is 2. The Morgan fingerprint density at radius 1 is 1.25 bits per heavy atom. The summed E-state index contributed by atoms with van der Waals surface area (Å²) in [5.74, 6) is -0.110. The Hall–Kier alpha value is -2.37. The van der Waals surface area contributed by atoms with E-state index in [0.29, 0.717) is 30.2 Å². The number of nitrogens with zero attached hydrogens (tertiary/aromatic N) is 2. The van der Waals surface area contributed by atoms with Crippen LogP contribution in [-0.2, 0) is 4.79 Å². The molecule has 1 spiro atoms. The summed E-state index contributed by atoms with van der Waals surface area (Å²) in [6.07, 6.45) is 5.70. The van der Waals surface area contributed by atoms with Gasteiger partial charge < -0.3 is 14.8 Å². The Morgan fingerprint density at radius 2 is 2.07 bits per heavy atom. The van der Waals surface area contributed by atoms with Gasteiger partial charge in [0.1, 0.15) is 11.5 Å². The molecular formula is C22H26FN3O2. The standard InChI is InChI=1S/C22H26FN3O2/c1-14-16-4-2-5-17(23)20(16)24-19(14)21(28)25-11-3-9-22(12-25)10-8-18(27)26(13-22)15-6-7-15/h2,4-5,15,24H,3,6-13H2,1H3. The molecule has 148 valence electrons. The highest BCUT2D eigenvalue weighted by Gasteiger charge is 2.46. The number of hydrogen-bond donors (Lipinski definition) is 1. The molecule has 3 heterocycles. The minimum absolute atomic E-state index is 0.00950. The summed E-state index contributed by atoms with van der Waals surface area (Å²) >= 11 is 0. The van der Waals surface area contributed by atoms with E-state index in [1.54, 1.807) is 6.07 Å². The Bertz CT molecular complexity index is 964. The van der Waals surface area contributed by atoms with Crippen LogP contribution in [0, 0.1) is 18.2 Å². The third-order valence-corrected chi connectivity index (χ3v) is 6.89. The molecule has 1 aliphatic carbocycles. The first-order chi connectivity index (χ1) is 13.5. The molecule has 3 fully saturated rings. The summed E-state index contributed by atoms with van der Waals surface area (Å²) in [4.78, 5) is 32.7. The number of carbonyl (C=O) groups is 2. The number of aryl methyl sites for hydroxylation is 1. The van der Waals surface area contributed by atoms with E-state index in [-0.39, 0.29) is 23.0 Å². The number of halogens is 1.